The first-order valence-corrected chi connectivity index (χ1v) is 5.59. The van der Waals surface area contributed by atoms with Gasteiger partial charge in [0.05, 0.1) is 12.8 Å². The molecule has 1 aliphatic heterocycles. The molecule has 1 saturated heterocycles. The second-order valence-electron chi connectivity index (χ2n) is 4.18. The largest absolute Gasteiger partial charge is 0.391 e. The van der Waals surface area contributed by atoms with Crippen molar-refractivity contribution in [3.05, 3.63) is 17.5 Å². The van der Waals surface area contributed by atoms with Gasteiger partial charge in [0.2, 0.25) is 0 Å². The van der Waals surface area contributed by atoms with E-state index in [1.54, 1.807) is 6.20 Å². The molecule has 0 bridgehead atoms. The van der Waals surface area contributed by atoms with Crippen molar-refractivity contribution in [1.29, 1.82) is 0 Å². The summed E-state index contributed by atoms with van der Waals surface area (Å²) in [6.07, 6.45) is 3.74. The van der Waals surface area contributed by atoms with E-state index in [1.165, 1.54) is 13.0 Å². The molecule has 4 nitrogen and oxygen atoms in total. The Morgan fingerprint density at radius 1 is 1.67 bits per heavy atom. The maximum absolute atomic E-state index is 9.07. The van der Waals surface area contributed by atoms with Crippen molar-refractivity contribution in [2.24, 2.45) is 5.92 Å². The molecule has 1 atom stereocenters. The second kappa shape index (κ2) is 4.77. The van der Waals surface area contributed by atoms with Gasteiger partial charge in [-0.15, -0.1) is 0 Å². The number of likely N-dealkylation sites (tertiary alicyclic amines) is 1. The molecule has 1 aromatic heterocycles. The summed E-state index contributed by atoms with van der Waals surface area (Å²) >= 11 is 0. The maximum atomic E-state index is 9.07. The number of aliphatic hydroxyl groups is 1. The van der Waals surface area contributed by atoms with E-state index in [9.17, 15) is 0 Å². The molecule has 1 N–H and O–H groups in total. The van der Waals surface area contributed by atoms with Crippen LogP contribution in [-0.2, 0) is 13.0 Å². The molecule has 2 rings (SSSR count). The molecule has 4 heteroatoms. The summed E-state index contributed by atoms with van der Waals surface area (Å²) in [5.74, 6) is 1.52. The van der Waals surface area contributed by atoms with E-state index < -0.39 is 0 Å². The standard InChI is InChI=1S/C11H18N2O2/c1-2-13-4-3-9(7-13)5-11-10(8-14)6-12-15-11/h6,9,14H,2-5,7-8H2,1H3. The molecular weight excluding hydrogens is 192 g/mol. The van der Waals surface area contributed by atoms with Crippen LogP contribution in [0.15, 0.2) is 10.7 Å². The number of hydrogen-bond donors (Lipinski definition) is 1. The minimum Gasteiger partial charge on any atom is -0.391 e. The van der Waals surface area contributed by atoms with Gasteiger partial charge in [-0.2, -0.15) is 0 Å². The van der Waals surface area contributed by atoms with Crippen LogP contribution in [0.25, 0.3) is 0 Å². The van der Waals surface area contributed by atoms with E-state index in [2.05, 4.69) is 17.0 Å². The molecule has 0 amide bonds. The zero-order valence-corrected chi connectivity index (χ0v) is 9.15. The lowest BCUT2D eigenvalue weighted by molar-refractivity contribution is 0.274. The van der Waals surface area contributed by atoms with Crippen LogP contribution in [0, 0.1) is 5.92 Å². The number of aliphatic hydroxyl groups excluding tert-OH is 1. The van der Waals surface area contributed by atoms with Crippen LogP contribution in [-0.4, -0.2) is 34.8 Å². The molecule has 0 spiro atoms. The molecule has 84 valence electrons. The van der Waals surface area contributed by atoms with Crippen molar-refractivity contribution in [3.63, 3.8) is 0 Å². The highest BCUT2D eigenvalue weighted by Gasteiger charge is 2.23. The van der Waals surface area contributed by atoms with Crippen LogP contribution >= 0.6 is 0 Å². The minimum absolute atomic E-state index is 0.0308. The zero-order chi connectivity index (χ0) is 10.7. The first-order valence-electron chi connectivity index (χ1n) is 5.59. The van der Waals surface area contributed by atoms with Crippen LogP contribution in [0.5, 0.6) is 0 Å². The molecule has 15 heavy (non-hydrogen) atoms. The van der Waals surface area contributed by atoms with Crippen molar-refractivity contribution in [1.82, 2.24) is 10.1 Å². The highest BCUT2D eigenvalue weighted by atomic mass is 16.5. The highest BCUT2D eigenvalue weighted by Crippen LogP contribution is 2.22. The van der Waals surface area contributed by atoms with E-state index in [4.69, 9.17) is 9.63 Å². The van der Waals surface area contributed by atoms with Crippen LogP contribution in [0.2, 0.25) is 0 Å². The lowest BCUT2D eigenvalue weighted by Crippen LogP contribution is -2.20. The Kier molecular flexibility index (Phi) is 3.38. The predicted molar refractivity (Wildman–Crippen MR) is 56.4 cm³/mol. The first-order chi connectivity index (χ1) is 7.33. The quantitative estimate of drug-likeness (QED) is 0.807. The van der Waals surface area contributed by atoms with E-state index in [1.807, 2.05) is 0 Å². The van der Waals surface area contributed by atoms with Crippen molar-refractivity contribution >= 4 is 0 Å². The number of nitrogens with zero attached hydrogens (tertiary/aromatic N) is 2. The van der Waals surface area contributed by atoms with Gasteiger partial charge in [-0.05, 0) is 25.4 Å². The number of hydrogen-bond acceptors (Lipinski definition) is 4. The third-order valence-corrected chi connectivity index (χ3v) is 3.19. The molecular formula is C11H18N2O2. The molecule has 0 radical (unpaired) electrons. The third-order valence-electron chi connectivity index (χ3n) is 3.19. The van der Waals surface area contributed by atoms with E-state index >= 15 is 0 Å². The SMILES string of the molecule is CCN1CCC(Cc2oncc2CO)C1. The zero-order valence-electron chi connectivity index (χ0n) is 9.15. The maximum Gasteiger partial charge on any atom is 0.142 e. The number of aromatic nitrogens is 1. The Morgan fingerprint density at radius 2 is 2.53 bits per heavy atom. The fraction of sp³-hybridized carbons (Fsp3) is 0.727. The van der Waals surface area contributed by atoms with Gasteiger partial charge in [0, 0.05) is 18.5 Å². The third kappa shape index (κ3) is 2.38. The van der Waals surface area contributed by atoms with Gasteiger partial charge in [0.1, 0.15) is 5.76 Å². The molecule has 0 aliphatic carbocycles. The van der Waals surface area contributed by atoms with Gasteiger partial charge in [-0.3, -0.25) is 0 Å². The Balaban J connectivity index is 1.92. The summed E-state index contributed by atoms with van der Waals surface area (Å²) in [7, 11) is 0. The van der Waals surface area contributed by atoms with Gasteiger partial charge in [-0.1, -0.05) is 12.1 Å². The summed E-state index contributed by atoms with van der Waals surface area (Å²) in [6, 6.07) is 0. The van der Waals surface area contributed by atoms with Gasteiger partial charge in [0.25, 0.3) is 0 Å². The fourth-order valence-corrected chi connectivity index (χ4v) is 2.21. The van der Waals surface area contributed by atoms with E-state index in [0.29, 0.717) is 5.92 Å². The van der Waals surface area contributed by atoms with E-state index in [0.717, 1.165) is 30.8 Å². The van der Waals surface area contributed by atoms with Crippen molar-refractivity contribution in [3.8, 4) is 0 Å². The smallest absolute Gasteiger partial charge is 0.142 e. The lowest BCUT2D eigenvalue weighted by atomic mass is 10.0. The Bertz CT molecular complexity index is 311. The summed E-state index contributed by atoms with van der Waals surface area (Å²) in [6.45, 7) is 5.67. The summed E-state index contributed by atoms with van der Waals surface area (Å²) in [5, 5.41) is 12.8. The van der Waals surface area contributed by atoms with Gasteiger partial charge in [0.15, 0.2) is 0 Å². The molecule has 1 aromatic rings. The predicted octanol–water partition coefficient (Wildman–Crippen LogP) is 1.05. The Labute approximate surface area is 89.9 Å². The van der Waals surface area contributed by atoms with Crippen LogP contribution in [0.3, 0.4) is 0 Å². The molecule has 1 unspecified atom stereocenters. The highest BCUT2D eigenvalue weighted by molar-refractivity contribution is 5.13. The van der Waals surface area contributed by atoms with Gasteiger partial charge in [-0.25, -0.2) is 0 Å². The molecule has 0 aromatic carbocycles. The molecule has 2 heterocycles. The molecule has 1 fully saturated rings. The van der Waals surface area contributed by atoms with Crippen LogP contribution in [0.4, 0.5) is 0 Å². The van der Waals surface area contributed by atoms with E-state index in [-0.39, 0.29) is 6.61 Å². The van der Waals surface area contributed by atoms with Crippen molar-refractivity contribution < 1.29 is 9.63 Å². The number of rotatable bonds is 4. The first kappa shape index (κ1) is 10.6. The topological polar surface area (TPSA) is 49.5 Å². The van der Waals surface area contributed by atoms with Crippen molar-refractivity contribution in [2.75, 3.05) is 19.6 Å². The van der Waals surface area contributed by atoms with Gasteiger partial charge < -0.3 is 14.5 Å². The summed E-state index contributed by atoms with van der Waals surface area (Å²) in [5.41, 5.74) is 0.838. The normalized spacial score (nSPS) is 22.4. The van der Waals surface area contributed by atoms with Crippen molar-refractivity contribution in [2.45, 2.75) is 26.4 Å². The van der Waals surface area contributed by atoms with Crippen LogP contribution < -0.4 is 0 Å². The fourth-order valence-electron chi connectivity index (χ4n) is 2.21. The lowest BCUT2D eigenvalue weighted by Gasteiger charge is -2.12. The molecule has 0 saturated carbocycles. The van der Waals surface area contributed by atoms with Crippen LogP contribution in [0.1, 0.15) is 24.7 Å². The summed E-state index contributed by atoms with van der Waals surface area (Å²) < 4.78 is 5.16. The molecule has 1 aliphatic rings. The monoisotopic (exact) mass is 210 g/mol. The average molecular weight is 210 g/mol. The second-order valence-corrected chi connectivity index (χ2v) is 4.18. The Morgan fingerprint density at radius 3 is 3.20 bits per heavy atom. The minimum atomic E-state index is 0.0308. The Hall–Kier alpha value is -0.870. The summed E-state index contributed by atoms with van der Waals surface area (Å²) in [4.78, 5) is 2.44. The average Bonchev–Trinajstić information content (AvgIpc) is 2.87. The van der Waals surface area contributed by atoms with Gasteiger partial charge >= 0.3 is 0 Å².